The lowest BCUT2D eigenvalue weighted by Gasteiger charge is -2.43. The molecule has 0 aromatic heterocycles. The van der Waals surface area contributed by atoms with Gasteiger partial charge in [0.2, 0.25) is 11.8 Å². The van der Waals surface area contributed by atoms with Crippen molar-refractivity contribution in [3.8, 4) is 11.5 Å². The van der Waals surface area contributed by atoms with Crippen LogP contribution in [0.15, 0.2) is 36.4 Å². The van der Waals surface area contributed by atoms with E-state index in [0.717, 1.165) is 11.1 Å². The van der Waals surface area contributed by atoms with Gasteiger partial charge in [0.1, 0.15) is 11.5 Å². The van der Waals surface area contributed by atoms with Crippen molar-refractivity contribution in [2.75, 3.05) is 0 Å². The summed E-state index contributed by atoms with van der Waals surface area (Å²) < 4.78 is 0. The number of phenolic OH excluding ortho intramolecular Hbond substituents is 2. The van der Waals surface area contributed by atoms with E-state index in [1.165, 1.54) is 0 Å². The molecule has 2 aromatic rings. The van der Waals surface area contributed by atoms with Crippen LogP contribution in [0.5, 0.6) is 11.5 Å². The number of nitrogens with one attached hydrogen (secondary N) is 2. The molecule has 0 unspecified atom stereocenters. The third kappa shape index (κ3) is 6.70. The fourth-order valence-corrected chi connectivity index (χ4v) is 3.26. The molecule has 0 saturated heterocycles. The Morgan fingerprint density at radius 2 is 1.09 bits per heavy atom. The molecule has 174 valence electrons. The average molecular weight is 443 g/mol. The van der Waals surface area contributed by atoms with Gasteiger partial charge in [-0.3, -0.25) is 9.59 Å². The first-order valence-electron chi connectivity index (χ1n) is 10.5. The molecule has 0 aliphatic rings. The van der Waals surface area contributed by atoms with Gasteiger partial charge in [0.25, 0.3) is 0 Å². The molecule has 2 rings (SSSR count). The van der Waals surface area contributed by atoms with Crippen LogP contribution < -0.4 is 22.1 Å². The zero-order valence-corrected chi connectivity index (χ0v) is 19.2. The van der Waals surface area contributed by atoms with Gasteiger partial charge in [-0.15, -0.1) is 0 Å². The van der Waals surface area contributed by atoms with Crippen LogP contribution in [0.25, 0.3) is 0 Å². The quantitative estimate of drug-likeness (QED) is 0.311. The lowest BCUT2D eigenvalue weighted by molar-refractivity contribution is -0.118. The van der Waals surface area contributed by atoms with Crippen LogP contribution in [0, 0.1) is 0 Å². The molecule has 2 amide bonds. The monoisotopic (exact) mass is 442 g/mol. The number of hydrogen-bond donors (Lipinski definition) is 6. The topological polar surface area (TPSA) is 151 Å². The van der Waals surface area contributed by atoms with Crippen LogP contribution in [-0.4, -0.2) is 33.1 Å². The maximum atomic E-state index is 11.2. The van der Waals surface area contributed by atoms with Crippen molar-refractivity contribution in [2.24, 2.45) is 11.5 Å². The van der Waals surface area contributed by atoms with Crippen LogP contribution in [0.2, 0.25) is 0 Å². The Hall–Kier alpha value is -3.10. The van der Waals surface area contributed by atoms with Crippen LogP contribution in [0.4, 0.5) is 0 Å². The van der Waals surface area contributed by atoms with E-state index < -0.39 is 22.9 Å². The second-order valence-electron chi connectivity index (χ2n) is 9.17. The number of rotatable bonds is 11. The average Bonchev–Trinajstić information content (AvgIpc) is 2.68. The molecule has 0 atom stereocenters. The van der Waals surface area contributed by atoms with Gasteiger partial charge in [-0.1, -0.05) is 24.3 Å². The lowest BCUT2D eigenvalue weighted by Crippen LogP contribution is -2.62. The van der Waals surface area contributed by atoms with Gasteiger partial charge in [0.15, 0.2) is 0 Å². The molecule has 0 spiro atoms. The minimum atomic E-state index is -0.431. The van der Waals surface area contributed by atoms with E-state index in [4.69, 9.17) is 11.5 Å². The number of hydrogen-bond acceptors (Lipinski definition) is 6. The van der Waals surface area contributed by atoms with Crippen LogP contribution >= 0.6 is 0 Å². The van der Waals surface area contributed by atoms with E-state index >= 15 is 0 Å². The Bertz CT molecular complexity index is 906. The lowest BCUT2D eigenvalue weighted by atomic mass is 9.82. The SMILES string of the molecule is CC(C)(NCc1cc(CC(N)=O)ccc1O)C(C)(C)NCc1cc(CC(N)=O)ccc1O. The molecule has 0 heterocycles. The summed E-state index contributed by atoms with van der Waals surface area (Å²) >= 11 is 0. The molecule has 0 bridgehead atoms. The number of amides is 2. The minimum absolute atomic E-state index is 0.113. The maximum absolute atomic E-state index is 11.2. The van der Waals surface area contributed by atoms with Crippen LogP contribution in [-0.2, 0) is 35.5 Å². The highest BCUT2D eigenvalue weighted by atomic mass is 16.3. The molecule has 0 aliphatic heterocycles. The molecule has 0 radical (unpaired) electrons. The predicted molar refractivity (Wildman–Crippen MR) is 124 cm³/mol. The summed E-state index contributed by atoms with van der Waals surface area (Å²) in [5.41, 5.74) is 12.5. The molecule has 0 fully saturated rings. The van der Waals surface area contributed by atoms with Crippen molar-refractivity contribution in [2.45, 2.75) is 64.7 Å². The summed E-state index contributed by atoms with van der Waals surface area (Å²) in [5, 5.41) is 27.3. The summed E-state index contributed by atoms with van der Waals surface area (Å²) in [5.74, 6) is -0.571. The first-order chi connectivity index (χ1) is 14.8. The van der Waals surface area contributed by atoms with Gasteiger partial charge in [0, 0.05) is 35.3 Å². The molecule has 32 heavy (non-hydrogen) atoms. The molecule has 8 nitrogen and oxygen atoms in total. The van der Waals surface area contributed by atoms with Crippen molar-refractivity contribution in [1.29, 1.82) is 0 Å². The molecule has 8 N–H and O–H groups in total. The highest BCUT2D eigenvalue weighted by Crippen LogP contribution is 2.26. The second-order valence-corrected chi connectivity index (χ2v) is 9.17. The summed E-state index contributed by atoms with van der Waals surface area (Å²) in [7, 11) is 0. The van der Waals surface area contributed by atoms with Gasteiger partial charge in [0.05, 0.1) is 12.8 Å². The van der Waals surface area contributed by atoms with Crippen molar-refractivity contribution in [1.82, 2.24) is 10.6 Å². The van der Waals surface area contributed by atoms with E-state index in [9.17, 15) is 19.8 Å². The van der Waals surface area contributed by atoms with E-state index in [-0.39, 0.29) is 24.3 Å². The number of phenols is 2. The largest absolute Gasteiger partial charge is 0.508 e. The normalized spacial score (nSPS) is 12.0. The smallest absolute Gasteiger partial charge is 0.221 e. The molecule has 0 saturated carbocycles. The van der Waals surface area contributed by atoms with Crippen molar-refractivity contribution >= 4 is 11.8 Å². The third-order valence-electron chi connectivity index (χ3n) is 6.05. The number of aromatic hydroxyl groups is 2. The van der Waals surface area contributed by atoms with Crippen molar-refractivity contribution in [3.63, 3.8) is 0 Å². The Kier molecular flexibility index (Phi) is 7.87. The van der Waals surface area contributed by atoms with Gasteiger partial charge >= 0.3 is 0 Å². The number of primary amides is 2. The van der Waals surface area contributed by atoms with Gasteiger partial charge in [-0.25, -0.2) is 0 Å². The minimum Gasteiger partial charge on any atom is -0.508 e. The zero-order chi connectivity index (χ0) is 24.1. The molecular formula is C24H34N4O4. The Labute approximate surface area is 189 Å². The maximum Gasteiger partial charge on any atom is 0.221 e. The van der Waals surface area contributed by atoms with Crippen molar-refractivity contribution < 1.29 is 19.8 Å². The Balaban J connectivity index is 2.08. The van der Waals surface area contributed by atoms with E-state index in [1.807, 2.05) is 27.7 Å². The Morgan fingerprint density at radius 1 is 0.750 bits per heavy atom. The fourth-order valence-electron chi connectivity index (χ4n) is 3.26. The molecule has 8 heteroatoms. The summed E-state index contributed by atoms with van der Waals surface area (Å²) in [6, 6.07) is 10.0. The number of nitrogens with two attached hydrogens (primary N) is 2. The number of carbonyl (C=O) groups excluding carboxylic acids is 2. The van der Waals surface area contributed by atoms with Crippen LogP contribution in [0.1, 0.15) is 49.9 Å². The predicted octanol–water partition coefficient (Wildman–Crippen LogP) is 1.59. The summed E-state index contributed by atoms with van der Waals surface area (Å²) in [6.07, 6.45) is 0.226. The van der Waals surface area contributed by atoms with E-state index in [0.29, 0.717) is 24.2 Å². The Morgan fingerprint density at radius 3 is 1.41 bits per heavy atom. The second kappa shape index (κ2) is 10.0. The highest BCUT2D eigenvalue weighted by molar-refractivity contribution is 5.77. The third-order valence-corrected chi connectivity index (χ3v) is 6.05. The standard InChI is InChI=1S/C24H34N4O4/c1-23(2,27-13-17-9-15(11-21(25)31)5-7-19(17)29)24(3,4)28-14-18-10-16(12-22(26)32)6-8-20(18)30/h5-10,27-30H,11-14H2,1-4H3,(H2,25,31)(H2,26,32). The fraction of sp³-hybridized carbons (Fsp3) is 0.417. The summed E-state index contributed by atoms with van der Waals surface area (Å²) in [6.45, 7) is 8.91. The van der Waals surface area contributed by atoms with Gasteiger partial charge < -0.3 is 32.3 Å². The summed E-state index contributed by atoms with van der Waals surface area (Å²) in [4.78, 5) is 22.4. The molecule has 0 aliphatic carbocycles. The first kappa shape index (κ1) is 25.2. The van der Waals surface area contributed by atoms with Crippen LogP contribution in [0.3, 0.4) is 0 Å². The van der Waals surface area contributed by atoms with Gasteiger partial charge in [-0.2, -0.15) is 0 Å². The number of benzene rings is 2. The molecule has 2 aromatic carbocycles. The van der Waals surface area contributed by atoms with Gasteiger partial charge in [-0.05, 0) is 51.0 Å². The highest BCUT2D eigenvalue weighted by Gasteiger charge is 2.36. The molecular weight excluding hydrogens is 408 g/mol. The zero-order valence-electron chi connectivity index (χ0n) is 19.2. The van der Waals surface area contributed by atoms with Crippen molar-refractivity contribution in [3.05, 3.63) is 58.7 Å². The van der Waals surface area contributed by atoms with E-state index in [2.05, 4.69) is 10.6 Å². The van der Waals surface area contributed by atoms with E-state index in [1.54, 1.807) is 36.4 Å². The number of carbonyl (C=O) groups is 2. The first-order valence-corrected chi connectivity index (χ1v) is 10.5.